The third-order valence-corrected chi connectivity index (χ3v) is 4.11. The molecule has 1 heterocycles. The van der Waals surface area contributed by atoms with Gasteiger partial charge in [0.05, 0.1) is 13.2 Å². The van der Waals surface area contributed by atoms with E-state index in [-0.39, 0.29) is 6.29 Å². The van der Waals surface area contributed by atoms with Gasteiger partial charge in [-0.1, -0.05) is 20.8 Å². The highest BCUT2D eigenvalue weighted by Gasteiger charge is 2.15. The molecule has 0 aliphatic carbocycles. The van der Waals surface area contributed by atoms with E-state index in [9.17, 15) is 0 Å². The van der Waals surface area contributed by atoms with Crippen molar-refractivity contribution in [2.75, 3.05) is 19.0 Å². The van der Waals surface area contributed by atoms with Crippen molar-refractivity contribution in [3.63, 3.8) is 0 Å². The first-order valence-corrected chi connectivity index (χ1v) is 6.60. The van der Waals surface area contributed by atoms with E-state index in [1.54, 1.807) is 0 Å². The van der Waals surface area contributed by atoms with Crippen molar-refractivity contribution < 1.29 is 9.47 Å². The Morgan fingerprint density at radius 2 is 1.86 bits per heavy atom. The van der Waals surface area contributed by atoms with Gasteiger partial charge < -0.3 is 9.47 Å². The fraction of sp³-hybridized carbons (Fsp3) is 1.00. The SMILES string of the molecule is CC(C)C(C)SCCC1OCCCO1. The van der Waals surface area contributed by atoms with Crippen LogP contribution in [0.2, 0.25) is 0 Å². The Morgan fingerprint density at radius 1 is 1.21 bits per heavy atom. The van der Waals surface area contributed by atoms with Crippen molar-refractivity contribution in [1.29, 1.82) is 0 Å². The van der Waals surface area contributed by atoms with Crippen molar-refractivity contribution >= 4 is 11.8 Å². The number of ether oxygens (including phenoxy) is 2. The molecule has 0 aromatic rings. The zero-order valence-electron chi connectivity index (χ0n) is 9.49. The highest BCUT2D eigenvalue weighted by Crippen LogP contribution is 2.21. The molecule has 0 bridgehead atoms. The minimum Gasteiger partial charge on any atom is -0.353 e. The molecule has 0 amide bonds. The molecule has 0 saturated carbocycles. The van der Waals surface area contributed by atoms with Crippen LogP contribution in [0.1, 0.15) is 33.6 Å². The minimum atomic E-state index is 0.0654. The molecule has 3 heteroatoms. The van der Waals surface area contributed by atoms with E-state index < -0.39 is 0 Å². The van der Waals surface area contributed by atoms with Gasteiger partial charge in [0.2, 0.25) is 0 Å². The average Bonchev–Trinajstić information content (AvgIpc) is 2.19. The van der Waals surface area contributed by atoms with E-state index in [0.29, 0.717) is 0 Å². The molecule has 0 aromatic heterocycles. The largest absolute Gasteiger partial charge is 0.353 e. The van der Waals surface area contributed by atoms with Crippen LogP contribution in [-0.2, 0) is 9.47 Å². The summed E-state index contributed by atoms with van der Waals surface area (Å²) in [5.74, 6) is 1.90. The molecule has 14 heavy (non-hydrogen) atoms. The molecule has 1 aliphatic heterocycles. The van der Waals surface area contributed by atoms with E-state index in [4.69, 9.17) is 9.47 Å². The van der Waals surface area contributed by atoms with Crippen molar-refractivity contribution in [3.05, 3.63) is 0 Å². The Morgan fingerprint density at radius 3 is 2.43 bits per heavy atom. The van der Waals surface area contributed by atoms with E-state index in [1.165, 1.54) is 0 Å². The first kappa shape index (κ1) is 12.3. The Kier molecular flexibility index (Phi) is 5.90. The molecule has 2 nitrogen and oxygen atoms in total. The van der Waals surface area contributed by atoms with Gasteiger partial charge in [-0.25, -0.2) is 0 Å². The number of hydrogen-bond donors (Lipinski definition) is 0. The van der Waals surface area contributed by atoms with Crippen LogP contribution < -0.4 is 0 Å². The lowest BCUT2D eigenvalue weighted by Gasteiger charge is -2.23. The second-order valence-electron chi connectivity index (χ2n) is 4.13. The van der Waals surface area contributed by atoms with Crippen molar-refractivity contribution in [2.45, 2.75) is 45.2 Å². The highest BCUT2D eigenvalue weighted by atomic mass is 32.2. The molecule has 84 valence electrons. The summed E-state index contributed by atoms with van der Waals surface area (Å²) >= 11 is 2.02. The predicted molar refractivity (Wildman–Crippen MR) is 61.7 cm³/mol. The van der Waals surface area contributed by atoms with Gasteiger partial charge in [0.1, 0.15) is 0 Å². The maximum Gasteiger partial charge on any atom is 0.158 e. The van der Waals surface area contributed by atoms with E-state index in [1.807, 2.05) is 11.8 Å². The van der Waals surface area contributed by atoms with E-state index in [2.05, 4.69) is 20.8 Å². The van der Waals surface area contributed by atoms with Crippen molar-refractivity contribution in [1.82, 2.24) is 0 Å². The summed E-state index contributed by atoms with van der Waals surface area (Å²) in [6.07, 6.45) is 2.14. The number of rotatable bonds is 5. The molecule has 1 unspecified atom stereocenters. The van der Waals surface area contributed by atoms with Gasteiger partial charge in [0, 0.05) is 11.7 Å². The molecular weight excluding hydrogens is 196 g/mol. The predicted octanol–water partition coefficient (Wildman–Crippen LogP) is 2.92. The highest BCUT2D eigenvalue weighted by molar-refractivity contribution is 7.99. The summed E-state index contributed by atoms with van der Waals surface area (Å²) in [6.45, 7) is 8.57. The quantitative estimate of drug-likeness (QED) is 0.707. The van der Waals surface area contributed by atoms with E-state index >= 15 is 0 Å². The molecule has 1 aliphatic rings. The summed E-state index contributed by atoms with van der Waals surface area (Å²) in [5, 5.41) is 0.735. The van der Waals surface area contributed by atoms with Crippen LogP contribution in [0, 0.1) is 5.92 Å². The van der Waals surface area contributed by atoms with Gasteiger partial charge in [-0.3, -0.25) is 0 Å². The van der Waals surface area contributed by atoms with Gasteiger partial charge in [0.15, 0.2) is 6.29 Å². The molecule has 0 aromatic carbocycles. The maximum atomic E-state index is 5.48. The Hall–Kier alpha value is 0.270. The number of thioether (sulfide) groups is 1. The molecule has 0 radical (unpaired) electrons. The zero-order valence-corrected chi connectivity index (χ0v) is 10.3. The normalized spacial score (nSPS) is 21.4. The zero-order chi connectivity index (χ0) is 10.4. The monoisotopic (exact) mass is 218 g/mol. The molecule has 1 atom stereocenters. The van der Waals surface area contributed by atoms with Crippen LogP contribution in [-0.4, -0.2) is 30.5 Å². The first-order valence-electron chi connectivity index (χ1n) is 5.55. The second kappa shape index (κ2) is 6.70. The lowest BCUT2D eigenvalue weighted by Crippen LogP contribution is -2.25. The van der Waals surface area contributed by atoms with E-state index in [0.717, 1.165) is 43.0 Å². The van der Waals surface area contributed by atoms with Gasteiger partial charge >= 0.3 is 0 Å². The maximum absolute atomic E-state index is 5.48. The fourth-order valence-electron chi connectivity index (χ4n) is 1.25. The standard InChI is InChI=1S/C11H22O2S/c1-9(2)10(3)14-8-5-11-12-6-4-7-13-11/h9-11H,4-8H2,1-3H3. The third kappa shape index (κ3) is 4.67. The summed E-state index contributed by atoms with van der Waals surface area (Å²) in [4.78, 5) is 0. The lowest BCUT2D eigenvalue weighted by atomic mass is 10.2. The lowest BCUT2D eigenvalue weighted by molar-refractivity contribution is -0.178. The molecule has 1 rings (SSSR count). The third-order valence-electron chi connectivity index (χ3n) is 2.57. The molecule has 0 spiro atoms. The average molecular weight is 218 g/mol. The van der Waals surface area contributed by atoms with Crippen LogP contribution in [0.25, 0.3) is 0 Å². The molecular formula is C11H22O2S. The van der Waals surface area contributed by atoms with Crippen LogP contribution in [0.15, 0.2) is 0 Å². The minimum absolute atomic E-state index is 0.0654. The summed E-state index contributed by atoms with van der Waals surface area (Å²) in [5.41, 5.74) is 0. The smallest absolute Gasteiger partial charge is 0.158 e. The Balaban J connectivity index is 2.02. The van der Waals surface area contributed by atoms with Gasteiger partial charge in [-0.2, -0.15) is 11.8 Å². The molecule has 1 saturated heterocycles. The summed E-state index contributed by atoms with van der Waals surface area (Å²) in [7, 11) is 0. The van der Waals surface area contributed by atoms with Gasteiger partial charge in [-0.15, -0.1) is 0 Å². The van der Waals surface area contributed by atoms with Gasteiger partial charge in [-0.05, 0) is 18.1 Å². The molecule has 1 fully saturated rings. The van der Waals surface area contributed by atoms with Crippen molar-refractivity contribution in [2.24, 2.45) is 5.92 Å². The number of hydrogen-bond acceptors (Lipinski definition) is 3. The Labute approximate surface area is 91.7 Å². The summed E-state index contributed by atoms with van der Waals surface area (Å²) < 4.78 is 11.0. The summed E-state index contributed by atoms with van der Waals surface area (Å²) in [6, 6.07) is 0. The second-order valence-corrected chi connectivity index (χ2v) is 5.62. The van der Waals surface area contributed by atoms with Crippen molar-refractivity contribution in [3.8, 4) is 0 Å². The topological polar surface area (TPSA) is 18.5 Å². The molecule has 0 N–H and O–H groups in total. The Bertz CT molecular complexity index is 144. The fourth-order valence-corrected chi connectivity index (χ4v) is 2.33. The van der Waals surface area contributed by atoms with Gasteiger partial charge in [0.25, 0.3) is 0 Å². The first-order chi connectivity index (χ1) is 6.70. The van der Waals surface area contributed by atoms with Crippen LogP contribution in [0.4, 0.5) is 0 Å². The van der Waals surface area contributed by atoms with Crippen LogP contribution in [0.3, 0.4) is 0 Å². The van der Waals surface area contributed by atoms with Crippen LogP contribution >= 0.6 is 11.8 Å². The van der Waals surface area contributed by atoms with Crippen LogP contribution in [0.5, 0.6) is 0 Å².